The molecule has 0 amide bonds. The van der Waals surface area contributed by atoms with Crippen molar-refractivity contribution in [3.8, 4) is 0 Å². The van der Waals surface area contributed by atoms with Crippen LogP contribution in [0.4, 0.5) is 0 Å². The van der Waals surface area contributed by atoms with Gasteiger partial charge < -0.3 is 10.5 Å². The molecular weight excluding hydrogens is 210 g/mol. The molecule has 0 spiro atoms. The van der Waals surface area contributed by atoms with Crippen LogP contribution in [-0.2, 0) is 11.2 Å². The maximum Gasteiger partial charge on any atom is 0.0582 e. The molecule has 92 valence electrons. The number of hydrogen-bond donors (Lipinski definition) is 1. The predicted octanol–water partition coefficient (Wildman–Crippen LogP) is 2.61. The molecule has 1 saturated heterocycles. The van der Waals surface area contributed by atoms with E-state index in [0.717, 1.165) is 25.9 Å². The Morgan fingerprint density at radius 3 is 2.94 bits per heavy atom. The molecule has 1 heterocycles. The van der Waals surface area contributed by atoms with Gasteiger partial charge in [-0.15, -0.1) is 0 Å². The molecule has 2 N–H and O–H groups in total. The second-order valence-electron chi connectivity index (χ2n) is 5.38. The Kier molecular flexibility index (Phi) is 3.17. The Bertz CT molecular complexity index is 384. The summed E-state index contributed by atoms with van der Waals surface area (Å²) < 4.78 is 5.76. The zero-order valence-electron chi connectivity index (χ0n) is 10.3. The molecule has 1 aromatic carbocycles. The normalized spacial score (nSPS) is 32.4. The largest absolute Gasteiger partial charge is 0.378 e. The molecule has 3 unspecified atom stereocenters. The second-order valence-corrected chi connectivity index (χ2v) is 5.38. The molecule has 0 aromatic heterocycles. The number of benzene rings is 1. The molecule has 0 radical (unpaired) electrons. The highest BCUT2D eigenvalue weighted by molar-refractivity contribution is 5.34. The lowest BCUT2D eigenvalue weighted by Crippen LogP contribution is -2.35. The Morgan fingerprint density at radius 2 is 2.12 bits per heavy atom. The monoisotopic (exact) mass is 231 g/mol. The molecule has 0 bridgehead atoms. The van der Waals surface area contributed by atoms with Crippen molar-refractivity contribution in [2.45, 2.75) is 50.2 Å². The number of hydrogen-bond acceptors (Lipinski definition) is 2. The van der Waals surface area contributed by atoms with E-state index in [0.29, 0.717) is 18.1 Å². The molecule has 2 nitrogen and oxygen atoms in total. The maximum absolute atomic E-state index is 6.32. The number of rotatable bonds is 2. The van der Waals surface area contributed by atoms with E-state index in [1.54, 1.807) is 0 Å². The van der Waals surface area contributed by atoms with E-state index in [9.17, 15) is 0 Å². The van der Waals surface area contributed by atoms with Crippen LogP contribution in [0.5, 0.6) is 0 Å². The first-order valence-electron chi connectivity index (χ1n) is 6.79. The third-order valence-electron chi connectivity index (χ3n) is 4.26. The van der Waals surface area contributed by atoms with Crippen molar-refractivity contribution < 1.29 is 4.74 Å². The van der Waals surface area contributed by atoms with Crippen LogP contribution >= 0.6 is 0 Å². The summed E-state index contributed by atoms with van der Waals surface area (Å²) in [6, 6.07) is 9.10. The van der Waals surface area contributed by atoms with Gasteiger partial charge in [-0.1, -0.05) is 24.3 Å². The fraction of sp³-hybridized carbons (Fsp3) is 0.600. The van der Waals surface area contributed by atoms with Gasteiger partial charge in [0.1, 0.15) is 0 Å². The first-order valence-corrected chi connectivity index (χ1v) is 6.79. The predicted molar refractivity (Wildman–Crippen MR) is 69.1 cm³/mol. The maximum atomic E-state index is 6.32. The molecule has 0 saturated carbocycles. The van der Waals surface area contributed by atoms with Gasteiger partial charge >= 0.3 is 0 Å². The minimum Gasteiger partial charge on any atom is -0.378 e. The fourth-order valence-corrected chi connectivity index (χ4v) is 3.29. The van der Waals surface area contributed by atoms with Crippen molar-refractivity contribution in [1.29, 1.82) is 0 Å². The molecule has 1 aromatic rings. The third kappa shape index (κ3) is 2.24. The summed E-state index contributed by atoms with van der Waals surface area (Å²) in [7, 11) is 0. The summed E-state index contributed by atoms with van der Waals surface area (Å²) >= 11 is 0. The van der Waals surface area contributed by atoms with Gasteiger partial charge in [0.25, 0.3) is 0 Å². The minimum absolute atomic E-state index is 0.314. The molecule has 2 aliphatic rings. The number of nitrogens with two attached hydrogens (primary N) is 1. The van der Waals surface area contributed by atoms with E-state index >= 15 is 0 Å². The van der Waals surface area contributed by atoms with Crippen LogP contribution in [0, 0.1) is 0 Å². The third-order valence-corrected chi connectivity index (χ3v) is 4.26. The Labute approximate surface area is 103 Å². The van der Waals surface area contributed by atoms with Gasteiger partial charge in [-0.05, 0) is 43.2 Å². The van der Waals surface area contributed by atoms with E-state index in [2.05, 4.69) is 24.3 Å². The first-order chi connectivity index (χ1) is 8.34. The van der Waals surface area contributed by atoms with Crippen LogP contribution in [0.25, 0.3) is 0 Å². The van der Waals surface area contributed by atoms with E-state index in [4.69, 9.17) is 10.5 Å². The molecule has 1 aliphatic carbocycles. The summed E-state index contributed by atoms with van der Waals surface area (Å²) in [5.41, 5.74) is 9.29. The lowest BCUT2D eigenvalue weighted by Gasteiger charge is -2.32. The summed E-state index contributed by atoms with van der Waals surface area (Å²) in [5.74, 6) is 0.503. The van der Waals surface area contributed by atoms with Crippen molar-refractivity contribution in [3.05, 3.63) is 35.4 Å². The summed E-state index contributed by atoms with van der Waals surface area (Å²) in [4.78, 5) is 0. The van der Waals surface area contributed by atoms with Gasteiger partial charge in [0.2, 0.25) is 0 Å². The Balaban J connectivity index is 1.81. The Hall–Kier alpha value is -0.860. The van der Waals surface area contributed by atoms with Crippen LogP contribution in [-0.4, -0.2) is 18.8 Å². The standard InChI is InChI=1S/C15H21NO/c16-15-8-7-11-4-1-2-6-13(11)14(15)10-12-5-3-9-17-12/h1-2,4,6,12,14-15H,3,5,7-10,16H2. The average Bonchev–Trinajstić information content (AvgIpc) is 2.86. The van der Waals surface area contributed by atoms with Crippen molar-refractivity contribution in [3.63, 3.8) is 0 Å². The van der Waals surface area contributed by atoms with E-state index in [-0.39, 0.29) is 0 Å². The zero-order chi connectivity index (χ0) is 11.7. The summed E-state index contributed by atoms with van der Waals surface area (Å²) in [6.45, 7) is 0.939. The smallest absolute Gasteiger partial charge is 0.0582 e. The second kappa shape index (κ2) is 4.79. The molecule has 3 atom stereocenters. The van der Waals surface area contributed by atoms with Gasteiger partial charge in [-0.25, -0.2) is 0 Å². The van der Waals surface area contributed by atoms with Gasteiger partial charge in [-0.2, -0.15) is 0 Å². The van der Waals surface area contributed by atoms with Gasteiger partial charge in [-0.3, -0.25) is 0 Å². The summed E-state index contributed by atoms with van der Waals surface area (Å²) in [6.07, 6.45) is 6.24. The van der Waals surface area contributed by atoms with Gasteiger partial charge in [0.05, 0.1) is 6.10 Å². The number of ether oxygens (including phenoxy) is 1. The first kappa shape index (κ1) is 11.2. The van der Waals surface area contributed by atoms with E-state index < -0.39 is 0 Å². The molecule has 1 aliphatic heterocycles. The van der Waals surface area contributed by atoms with Crippen LogP contribution in [0.15, 0.2) is 24.3 Å². The molecule has 17 heavy (non-hydrogen) atoms. The van der Waals surface area contributed by atoms with Crippen molar-refractivity contribution >= 4 is 0 Å². The highest BCUT2D eigenvalue weighted by Gasteiger charge is 2.30. The SMILES string of the molecule is NC1CCc2ccccc2C1CC1CCCO1. The van der Waals surface area contributed by atoms with Gasteiger partial charge in [0.15, 0.2) is 0 Å². The molecule has 3 rings (SSSR count). The van der Waals surface area contributed by atoms with Gasteiger partial charge in [0, 0.05) is 18.6 Å². The highest BCUT2D eigenvalue weighted by atomic mass is 16.5. The Morgan fingerprint density at radius 1 is 1.24 bits per heavy atom. The van der Waals surface area contributed by atoms with Crippen LogP contribution in [0.2, 0.25) is 0 Å². The highest BCUT2D eigenvalue weighted by Crippen LogP contribution is 2.36. The van der Waals surface area contributed by atoms with Crippen molar-refractivity contribution in [2.24, 2.45) is 5.73 Å². The zero-order valence-corrected chi connectivity index (χ0v) is 10.3. The van der Waals surface area contributed by atoms with Crippen LogP contribution in [0.3, 0.4) is 0 Å². The molecular formula is C15H21NO. The lowest BCUT2D eigenvalue weighted by molar-refractivity contribution is 0.0941. The topological polar surface area (TPSA) is 35.2 Å². The van der Waals surface area contributed by atoms with Crippen molar-refractivity contribution in [2.75, 3.05) is 6.61 Å². The van der Waals surface area contributed by atoms with Crippen LogP contribution in [0.1, 0.15) is 42.7 Å². The minimum atomic E-state index is 0.314. The lowest BCUT2D eigenvalue weighted by atomic mass is 9.77. The fourth-order valence-electron chi connectivity index (χ4n) is 3.29. The van der Waals surface area contributed by atoms with E-state index in [1.807, 2.05) is 0 Å². The van der Waals surface area contributed by atoms with Crippen LogP contribution < -0.4 is 5.73 Å². The van der Waals surface area contributed by atoms with E-state index in [1.165, 1.54) is 24.0 Å². The van der Waals surface area contributed by atoms with Crippen molar-refractivity contribution in [1.82, 2.24) is 0 Å². The average molecular weight is 231 g/mol. The quantitative estimate of drug-likeness (QED) is 0.849. The molecule has 2 heteroatoms. The number of aryl methyl sites for hydroxylation is 1. The number of fused-ring (bicyclic) bond motifs is 1. The molecule has 1 fully saturated rings. The summed E-state index contributed by atoms with van der Waals surface area (Å²) in [5, 5.41) is 0.